The number of piperidine rings is 2. The van der Waals surface area contributed by atoms with Crippen molar-refractivity contribution in [2.24, 2.45) is 12.0 Å². The molecule has 2 N–H and O–H groups in total. The Bertz CT molecular complexity index is 705. The van der Waals surface area contributed by atoms with Crippen LogP contribution in [0.2, 0.25) is 0 Å². The highest BCUT2D eigenvalue weighted by atomic mass is 127. The molecule has 2 aliphatic rings. The minimum Gasteiger partial charge on any atom is -0.367 e. The van der Waals surface area contributed by atoms with E-state index in [1.165, 1.54) is 4.90 Å². The Morgan fingerprint density at radius 2 is 2.03 bits per heavy atom. The molecule has 1 aromatic rings. The topological polar surface area (TPSA) is 94.9 Å². The number of aliphatic imine (C=N–C) groups is 1. The van der Waals surface area contributed by atoms with Crippen LogP contribution in [0, 0.1) is 0 Å². The first-order chi connectivity index (χ1) is 13.6. The molecule has 0 spiro atoms. The summed E-state index contributed by atoms with van der Waals surface area (Å²) in [7, 11) is 1.93. The van der Waals surface area contributed by atoms with Gasteiger partial charge in [-0.3, -0.25) is 24.2 Å². The summed E-state index contributed by atoms with van der Waals surface area (Å²) in [5.41, 5.74) is 1.14. The number of imide groups is 1. The number of anilines is 1. The molecule has 2 aliphatic heterocycles. The van der Waals surface area contributed by atoms with Gasteiger partial charge in [-0.25, -0.2) is 0 Å². The van der Waals surface area contributed by atoms with Crippen LogP contribution in [0.4, 0.5) is 5.69 Å². The number of hydrogen-bond acceptors (Lipinski definition) is 5. The molecule has 1 aromatic heterocycles. The van der Waals surface area contributed by atoms with Crippen molar-refractivity contribution in [1.29, 1.82) is 0 Å². The van der Waals surface area contributed by atoms with Crippen molar-refractivity contribution in [3.8, 4) is 0 Å². The van der Waals surface area contributed by atoms with Crippen LogP contribution in [-0.4, -0.2) is 71.2 Å². The number of nitrogens with one attached hydrogen (secondary N) is 2. The molecule has 0 aliphatic carbocycles. The number of rotatable bonds is 6. The highest BCUT2D eigenvalue weighted by molar-refractivity contribution is 14.0. The molecule has 10 heteroatoms. The van der Waals surface area contributed by atoms with Crippen LogP contribution >= 0.6 is 24.0 Å². The Labute approximate surface area is 189 Å². The van der Waals surface area contributed by atoms with Crippen molar-refractivity contribution in [2.45, 2.75) is 45.1 Å². The fourth-order valence-corrected chi connectivity index (χ4v) is 3.73. The zero-order valence-corrected chi connectivity index (χ0v) is 19.6. The van der Waals surface area contributed by atoms with Gasteiger partial charge in [-0.15, -0.1) is 24.0 Å². The van der Waals surface area contributed by atoms with E-state index in [1.807, 2.05) is 31.0 Å². The molecule has 2 amide bonds. The fourth-order valence-electron chi connectivity index (χ4n) is 3.73. The van der Waals surface area contributed by atoms with E-state index in [-0.39, 0.29) is 41.8 Å². The highest BCUT2D eigenvalue weighted by Crippen LogP contribution is 2.19. The van der Waals surface area contributed by atoms with Crippen molar-refractivity contribution < 1.29 is 9.59 Å². The third kappa shape index (κ3) is 6.58. The normalized spacial score (nSPS) is 20.5. The second-order valence-corrected chi connectivity index (χ2v) is 7.36. The van der Waals surface area contributed by atoms with Gasteiger partial charge in [-0.05, 0) is 26.2 Å². The predicted molar refractivity (Wildman–Crippen MR) is 124 cm³/mol. The zero-order valence-electron chi connectivity index (χ0n) is 17.3. The second-order valence-electron chi connectivity index (χ2n) is 7.36. The number of carbonyl (C=O) groups is 2. The van der Waals surface area contributed by atoms with Crippen molar-refractivity contribution >= 4 is 47.4 Å². The maximum absolute atomic E-state index is 11.9. The Kier molecular flexibility index (Phi) is 9.18. The number of nitrogens with zero attached hydrogens (tertiary/aromatic N) is 5. The van der Waals surface area contributed by atoms with Gasteiger partial charge in [0.05, 0.1) is 18.4 Å². The average molecular weight is 517 g/mol. The van der Waals surface area contributed by atoms with Crippen LogP contribution in [0.3, 0.4) is 0 Å². The monoisotopic (exact) mass is 517 g/mol. The van der Waals surface area contributed by atoms with Gasteiger partial charge in [-0.1, -0.05) is 0 Å². The lowest BCUT2D eigenvalue weighted by Gasteiger charge is -2.34. The smallest absolute Gasteiger partial charge is 0.229 e. The van der Waals surface area contributed by atoms with Crippen molar-refractivity contribution in [3.63, 3.8) is 0 Å². The number of guanidine groups is 1. The molecule has 3 heterocycles. The summed E-state index contributed by atoms with van der Waals surface area (Å²) in [6.07, 6.45) is 7.69. The van der Waals surface area contributed by atoms with E-state index in [0.717, 1.165) is 44.1 Å². The SMILES string of the molecule is CCNC(=NCCN1C(=O)CCCC1=O)NC1CCCN(c2cnn(C)c2)C1.I. The fraction of sp³-hybridized carbons (Fsp3) is 0.684. The molecule has 0 aromatic carbocycles. The maximum Gasteiger partial charge on any atom is 0.229 e. The lowest BCUT2D eigenvalue weighted by atomic mass is 10.1. The van der Waals surface area contributed by atoms with Crippen molar-refractivity contribution in [2.75, 3.05) is 37.6 Å². The number of amides is 2. The summed E-state index contributed by atoms with van der Waals surface area (Å²) in [6.45, 7) is 5.45. The van der Waals surface area contributed by atoms with E-state index >= 15 is 0 Å². The Balaban J connectivity index is 0.00000300. The Hall–Kier alpha value is -1.85. The first-order valence-electron chi connectivity index (χ1n) is 10.2. The molecule has 0 radical (unpaired) electrons. The third-order valence-corrected chi connectivity index (χ3v) is 5.14. The van der Waals surface area contributed by atoms with E-state index < -0.39 is 0 Å². The summed E-state index contributed by atoms with van der Waals surface area (Å²) in [4.78, 5) is 32.1. The predicted octanol–water partition coefficient (Wildman–Crippen LogP) is 1.10. The molecule has 9 nitrogen and oxygen atoms in total. The van der Waals surface area contributed by atoms with Gasteiger partial charge in [0.15, 0.2) is 5.96 Å². The molecule has 0 bridgehead atoms. The van der Waals surface area contributed by atoms with Gasteiger partial charge in [0.25, 0.3) is 0 Å². The van der Waals surface area contributed by atoms with Gasteiger partial charge in [0.2, 0.25) is 11.8 Å². The van der Waals surface area contributed by atoms with Gasteiger partial charge < -0.3 is 15.5 Å². The van der Waals surface area contributed by atoms with Gasteiger partial charge in [-0.2, -0.15) is 5.10 Å². The van der Waals surface area contributed by atoms with Crippen LogP contribution in [-0.2, 0) is 16.6 Å². The minimum atomic E-state index is -0.0798. The van der Waals surface area contributed by atoms with E-state index in [4.69, 9.17) is 0 Å². The maximum atomic E-state index is 11.9. The van der Waals surface area contributed by atoms with Crippen LogP contribution in [0.5, 0.6) is 0 Å². The number of aryl methyl sites for hydroxylation is 1. The summed E-state index contributed by atoms with van der Waals surface area (Å²) >= 11 is 0. The largest absolute Gasteiger partial charge is 0.367 e. The van der Waals surface area contributed by atoms with Gasteiger partial charge >= 0.3 is 0 Å². The molecule has 2 saturated heterocycles. The van der Waals surface area contributed by atoms with E-state index in [2.05, 4.69) is 25.6 Å². The molecular formula is C19H32IN7O2. The second kappa shape index (κ2) is 11.4. The first kappa shape index (κ1) is 23.4. The quantitative estimate of drug-likeness (QED) is 0.254. The molecule has 0 saturated carbocycles. The summed E-state index contributed by atoms with van der Waals surface area (Å²) in [5, 5.41) is 11.0. The molecule has 2 fully saturated rings. The van der Waals surface area contributed by atoms with E-state index in [9.17, 15) is 9.59 Å². The Morgan fingerprint density at radius 1 is 1.28 bits per heavy atom. The Morgan fingerprint density at radius 3 is 2.69 bits per heavy atom. The minimum absolute atomic E-state index is 0. The van der Waals surface area contributed by atoms with Crippen LogP contribution in [0.1, 0.15) is 39.0 Å². The number of likely N-dealkylation sites (tertiary alicyclic amines) is 1. The molecular weight excluding hydrogens is 485 g/mol. The number of hydrogen-bond donors (Lipinski definition) is 2. The van der Waals surface area contributed by atoms with Gasteiger partial charge in [0.1, 0.15) is 0 Å². The van der Waals surface area contributed by atoms with Gasteiger partial charge in [0, 0.05) is 58.3 Å². The van der Waals surface area contributed by atoms with Crippen LogP contribution in [0.15, 0.2) is 17.4 Å². The first-order valence-corrected chi connectivity index (χ1v) is 10.2. The van der Waals surface area contributed by atoms with Crippen LogP contribution < -0.4 is 15.5 Å². The third-order valence-electron chi connectivity index (χ3n) is 5.14. The zero-order chi connectivity index (χ0) is 19.9. The number of halogens is 1. The molecule has 29 heavy (non-hydrogen) atoms. The van der Waals surface area contributed by atoms with E-state index in [1.54, 1.807) is 0 Å². The number of carbonyl (C=O) groups excluding carboxylic acids is 2. The lowest BCUT2D eigenvalue weighted by Crippen LogP contribution is -2.51. The average Bonchev–Trinajstić information content (AvgIpc) is 3.11. The molecule has 1 atom stereocenters. The molecule has 162 valence electrons. The van der Waals surface area contributed by atoms with E-state index in [0.29, 0.717) is 32.4 Å². The highest BCUT2D eigenvalue weighted by Gasteiger charge is 2.25. The van der Waals surface area contributed by atoms with Crippen molar-refractivity contribution in [3.05, 3.63) is 12.4 Å². The lowest BCUT2D eigenvalue weighted by molar-refractivity contribution is -0.147. The summed E-state index contributed by atoms with van der Waals surface area (Å²) < 4.78 is 1.82. The standard InChI is InChI=1S/C19H31N7O2.HI/c1-3-20-19(21-9-11-26-17(27)7-4-8-18(26)28)23-15-6-5-10-25(13-15)16-12-22-24(2)14-16;/h12,14-15H,3-11,13H2,1-2H3,(H2,20,21,23);1H. The molecule has 1 unspecified atom stereocenters. The van der Waals surface area contributed by atoms with Crippen molar-refractivity contribution in [1.82, 2.24) is 25.3 Å². The summed E-state index contributed by atoms with van der Waals surface area (Å²) in [6, 6.07) is 0.282. The number of aromatic nitrogens is 2. The van der Waals surface area contributed by atoms with Crippen LogP contribution in [0.25, 0.3) is 0 Å². The molecule has 3 rings (SSSR count). The summed E-state index contributed by atoms with van der Waals surface area (Å²) in [5.74, 6) is 0.574.